The number of rotatable bonds is 7. The third kappa shape index (κ3) is 8.16. The van der Waals surface area contributed by atoms with E-state index in [4.69, 9.17) is 15.4 Å². The lowest BCUT2D eigenvalue weighted by molar-refractivity contribution is -0.138. The van der Waals surface area contributed by atoms with Gasteiger partial charge in [0.15, 0.2) is 0 Å². The second-order valence-corrected chi connectivity index (χ2v) is 8.16. The Morgan fingerprint density at radius 1 is 0.767 bits per heavy atom. The zero-order valence-corrected chi connectivity index (χ0v) is 17.2. The molecule has 0 radical (unpaired) electrons. The highest BCUT2D eigenvalue weighted by Crippen LogP contribution is 2.12. The number of hydrogen-bond donors (Lipinski definition) is 3. The number of carboxylic acid groups (broad SMARTS) is 1. The molecule has 4 N–H and O–H groups in total. The summed E-state index contributed by atoms with van der Waals surface area (Å²) in [6, 6.07) is 24.9. The topological polar surface area (TPSA) is 118 Å². The van der Waals surface area contributed by atoms with E-state index in [-0.39, 0.29) is 4.90 Å². The van der Waals surface area contributed by atoms with Gasteiger partial charge in [-0.05, 0) is 48.1 Å². The molecule has 1 atom stereocenters. The molecule has 0 saturated heterocycles. The zero-order chi connectivity index (χ0) is 22.0. The van der Waals surface area contributed by atoms with Crippen LogP contribution in [0.25, 0.3) is 0 Å². The smallest absolute Gasteiger partial charge is 0.320 e. The average Bonchev–Trinajstić information content (AvgIpc) is 2.74. The maximum Gasteiger partial charge on any atom is 0.320 e. The molecular weight excluding hydrogens is 402 g/mol. The highest BCUT2D eigenvalue weighted by Gasteiger charge is 2.11. The molecule has 3 aromatic carbocycles. The van der Waals surface area contributed by atoms with Gasteiger partial charge in [0.2, 0.25) is 0 Å². The van der Waals surface area contributed by atoms with Crippen molar-refractivity contribution in [1.29, 1.82) is 0 Å². The van der Waals surface area contributed by atoms with Crippen LogP contribution in [0, 0.1) is 0 Å². The molecule has 0 aliphatic carbocycles. The summed E-state index contributed by atoms with van der Waals surface area (Å²) in [7, 11) is -4.09. The Hall–Kier alpha value is -3.00. The molecule has 0 spiro atoms. The summed E-state index contributed by atoms with van der Waals surface area (Å²) < 4.78 is 30.6. The van der Waals surface area contributed by atoms with Gasteiger partial charge >= 0.3 is 5.97 Å². The van der Waals surface area contributed by atoms with Crippen LogP contribution >= 0.6 is 0 Å². The Kier molecular flexibility index (Phi) is 8.73. The van der Waals surface area contributed by atoms with E-state index in [1.54, 1.807) is 12.1 Å². The van der Waals surface area contributed by atoms with Gasteiger partial charge in [0.25, 0.3) is 10.1 Å². The summed E-state index contributed by atoms with van der Waals surface area (Å²) in [5, 5.41) is 8.52. The second-order valence-electron chi connectivity index (χ2n) is 6.74. The van der Waals surface area contributed by atoms with Crippen molar-refractivity contribution >= 4 is 16.1 Å². The van der Waals surface area contributed by atoms with Crippen LogP contribution in [-0.4, -0.2) is 30.1 Å². The third-order valence-electron chi connectivity index (χ3n) is 4.38. The van der Waals surface area contributed by atoms with Crippen molar-refractivity contribution in [2.24, 2.45) is 5.73 Å². The van der Waals surface area contributed by atoms with E-state index in [2.05, 4.69) is 12.1 Å². The lowest BCUT2D eigenvalue weighted by Crippen LogP contribution is -2.32. The molecule has 0 amide bonds. The van der Waals surface area contributed by atoms with Crippen molar-refractivity contribution in [3.05, 3.63) is 102 Å². The number of carboxylic acids is 1. The summed E-state index contributed by atoms with van der Waals surface area (Å²) in [6.07, 6.45) is 2.14. The minimum atomic E-state index is -4.09. The van der Waals surface area contributed by atoms with Gasteiger partial charge in [-0.3, -0.25) is 9.35 Å². The fourth-order valence-corrected chi connectivity index (χ4v) is 3.20. The normalized spacial score (nSPS) is 11.8. The molecule has 30 heavy (non-hydrogen) atoms. The van der Waals surface area contributed by atoms with Gasteiger partial charge in [0, 0.05) is 0 Å². The van der Waals surface area contributed by atoms with E-state index >= 15 is 0 Å². The van der Waals surface area contributed by atoms with Gasteiger partial charge in [0.1, 0.15) is 6.04 Å². The minimum absolute atomic E-state index is 0.0639. The molecule has 3 aromatic rings. The Bertz CT molecular complexity index is 1020. The molecule has 0 saturated carbocycles. The van der Waals surface area contributed by atoms with E-state index in [1.807, 2.05) is 48.5 Å². The van der Waals surface area contributed by atoms with Crippen LogP contribution in [0.5, 0.6) is 0 Å². The molecule has 0 unspecified atom stereocenters. The maximum absolute atomic E-state index is 10.9. The minimum Gasteiger partial charge on any atom is -0.480 e. The van der Waals surface area contributed by atoms with Gasteiger partial charge < -0.3 is 10.8 Å². The average molecular weight is 428 g/mol. The Labute approximate surface area is 176 Å². The van der Waals surface area contributed by atoms with E-state index < -0.39 is 22.1 Å². The monoisotopic (exact) mass is 427 g/mol. The van der Waals surface area contributed by atoms with Crippen molar-refractivity contribution in [2.45, 2.75) is 30.2 Å². The van der Waals surface area contributed by atoms with E-state index in [1.165, 1.54) is 17.7 Å². The van der Waals surface area contributed by atoms with Gasteiger partial charge in [-0.15, -0.1) is 0 Å². The zero-order valence-electron chi connectivity index (χ0n) is 16.4. The van der Waals surface area contributed by atoms with Crippen LogP contribution in [0.15, 0.2) is 89.8 Å². The molecular formula is C23H25NO5S. The first kappa shape index (κ1) is 23.3. The molecule has 0 aliphatic rings. The number of carbonyl (C=O) groups is 1. The van der Waals surface area contributed by atoms with Crippen LogP contribution in [-0.2, 0) is 34.2 Å². The molecule has 0 aliphatic heterocycles. The maximum atomic E-state index is 10.9. The summed E-state index contributed by atoms with van der Waals surface area (Å²) in [6.45, 7) is 0. The SMILES string of the molecule is N[C@@H](Cc1ccccc1)C(=O)O.O=S(=O)(O)c1ccc(CCc2ccccc2)cc1. The fraction of sp³-hybridized carbons (Fsp3) is 0.174. The van der Waals surface area contributed by atoms with E-state index in [0.717, 1.165) is 24.0 Å². The molecule has 6 nitrogen and oxygen atoms in total. The van der Waals surface area contributed by atoms with E-state index in [0.29, 0.717) is 6.42 Å². The number of hydrogen-bond acceptors (Lipinski definition) is 4. The largest absolute Gasteiger partial charge is 0.480 e. The molecule has 3 rings (SSSR count). The molecule has 0 heterocycles. The summed E-state index contributed by atoms with van der Waals surface area (Å²) in [5.41, 5.74) is 8.59. The van der Waals surface area contributed by atoms with Crippen molar-refractivity contribution in [3.63, 3.8) is 0 Å². The quantitative estimate of drug-likeness (QED) is 0.498. The fourth-order valence-electron chi connectivity index (χ4n) is 2.72. The van der Waals surface area contributed by atoms with Crippen molar-refractivity contribution < 1.29 is 22.9 Å². The van der Waals surface area contributed by atoms with Crippen LogP contribution < -0.4 is 5.73 Å². The lowest BCUT2D eigenvalue weighted by Gasteiger charge is -2.04. The first-order chi connectivity index (χ1) is 14.3. The standard InChI is InChI=1S/C14H14O3S.C9H11NO2/c15-18(16,17)14-10-8-13(9-11-14)7-6-12-4-2-1-3-5-12;10-8(9(11)12)6-7-4-2-1-3-5-7/h1-5,8-11H,6-7H2,(H,15,16,17);1-5,8H,6,10H2,(H,11,12)/t;8-/m.0/s1. The number of benzene rings is 3. The first-order valence-electron chi connectivity index (χ1n) is 9.38. The highest BCUT2D eigenvalue weighted by molar-refractivity contribution is 7.85. The molecule has 7 heteroatoms. The predicted molar refractivity (Wildman–Crippen MR) is 116 cm³/mol. The van der Waals surface area contributed by atoms with Crippen LogP contribution in [0.4, 0.5) is 0 Å². The number of aryl methyl sites for hydroxylation is 2. The lowest BCUT2D eigenvalue weighted by atomic mass is 10.0. The van der Waals surface area contributed by atoms with Crippen molar-refractivity contribution in [1.82, 2.24) is 0 Å². The Morgan fingerprint density at radius 2 is 1.20 bits per heavy atom. The van der Waals surface area contributed by atoms with Crippen LogP contribution in [0.3, 0.4) is 0 Å². The first-order valence-corrected chi connectivity index (χ1v) is 10.8. The highest BCUT2D eigenvalue weighted by atomic mass is 32.2. The van der Waals surface area contributed by atoms with Crippen molar-refractivity contribution in [3.8, 4) is 0 Å². The van der Waals surface area contributed by atoms with Crippen LogP contribution in [0.1, 0.15) is 16.7 Å². The van der Waals surface area contributed by atoms with Gasteiger partial charge in [-0.25, -0.2) is 0 Å². The van der Waals surface area contributed by atoms with Gasteiger partial charge in [0.05, 0.1) is 4.90 Å². The molecule has 158 valence electrons. The Balaban J connectivity index is 0.000000232. The van der Waals surface area contributed by atoms with Crippen molar-refractivity contribution in [2.75, 3.05) is 0 Å². The summed E-state index contributed by atoms with van der Waals surface area (Å²) in [5.74, 6) is -0.959. The summed E-state index contributed by atoms with van der Waals surface area (Å²) >= 11 is 0. The van der Waals surface area contributed by atoms with E-state index in [9.17, 15) is 13.2 Å². The third-order valence-corrected chi connectivity index (χ3v) is 5.25. The summed E-state index contributed by atoms with van der Waals surface area (Å²) in [4.78, 5) is 10.3. The van der Waals surface area contributed by atoms with Gasteiger partial charge in [-0.1, -0.05) is 72.8 Å². The molecule has 0 aromatic heterocycles. The van der Waals surface area contributed by atoms with Gasteiger partial charge in [-0.2, -0.15) is 8.42 Å². The molecule has 0 bridgehead atoms. The number of nitrogens with two attached hydrogens (primary N) is 1. The second kappa shape index (κ2) is 11.3. The van der Waals surface area contributed by atoms with Crippen LogP contribution in [0.2, 0.25) is 0 Å². The predicted octanol–water partition coefficient (Wildman–Crippen LogP) is 3.36. The Morgan fingerprint density at radius 3 is 1.63 bits per heavy atom. The molecule has 0 fully saturated rings. The number of aliphatic carboxylic acids is 1.